The second-order valence-corrected chi connectivity index (χ2v) is 7.99. The number of hydrogen-bond acceptors (Lipinski definition) is 4. The third-order valence-corrected chi connectivity index (χ3v) is 5.88. The van der Waals surface area contributed by atoms with Crippen LogP contribution in [0, 0.1) is 11.6 Å². The van der Waals surface area contributed by atoms with Crippen molar-refractivity contribution < 1.29 is 18.4 Å². The Morgan fingerprint density at radius 2 is 1.86 bits per heavy atom. The molecule has 1 heterocycles. The molecular weight excluding hydrogens is 420 g/mol. The van der Waals surface area contributed by atoms with E-state index < -0.39 is 23.5 Å². The van der Waals surface area contributed by atoms with E-state index in [1.807, 2.05) is 0 Å². The van der Waals surface area contributed by atoms with Gasteiger partial charge in [0.1, 0.15) is 11.6 Å². The first-order valence-electron chi connectivity index (χ1n) is 8.73. The number of aromatic nitrogens is 1. The molecule has 2 amide bonds. The van der Waals surface area contributed by atoms with E-state index in [1.165, 1.54) is 53.8 Å². The fourth-order valence-corrected chi connectivity index (χ4v) is 4.32. The van der Waals surface area contributed by atoms with E-state index in [9.17, 15) is 18.4 Å². The van der Waals surface area contributed by atoms with Crippen LogP contribution in [0.5, 0.6) is 0 Å². The molecule has 0 fully saturated rings. The lowest BCUT2D eigenvalue weighted by Crippen LogP contribution is -2.20. The molecule has 4 rings (SSSR count). The highest BCUT2D eigenvalue weighted by Crippen LogP contribution is 2.39. The molecule has 0 saturated carbocycles. The molecule has 1 aromatic heterocycles. The average molecular weight is 434 g/mol. The van der Waals surface area contributed by atoms with Crippen LogP contribution in [0.1, 0.15) is 33.3 Å². The molecule has 1 aliphatic rings. The Balaban J connectivity index is 1.46. The summed E-state index contributed by atoms with van der Waals surface area (Å²) in [6, 6.07) is 9.15. The van der Waals surface area contributed by atoms with Gasteiger partial charge in [0.05, 0.1) is 16.6 Å². The van der Waals surface area contributed by atoms with E-state index in [0.29, 0.717) is 34.9 Å². The number of halogens is 3. The first kappa shape index (κ1) is 19.5. The maximum atomic E-state index is 13.3. The molecule has 2 N–H and O–H groups in total. The minimum absolute atomic E-state index is 0.0747. The Labute approximate surface area is 173 Å². The normalized spacial score (nSPS) is 15.1. The minimum Gasteiger partial charge on any atom is -0.325 e. The number of benzene rings is 2. The van der Waals surface area contributed by atoms with Gasteiger partial charge in [0.2, 0.25) is 5.91 Å². The van der Waals surface area contributed by atoms with Gasteiger partial charge in [-0.25, -0.2) is 13.8 Å². The van der Waals surface area contributed by atoms with Gasteiger partial charge in [-0.2, -0.15) is 0 Å². The molecule has 0 aliphatic heterocycles. The van der Waals surface area contributed by atoms with Gasteiger partial charge < -0.3 is 5.32 Å². The highest BCUT2D eigenvalue weighted by Gasteiger charge is 2.33. The third-order valence-electron chi connectivity index (χ3n) is 4.55. The van der Waals surface area contributed by atoms with Crippen molar-refractivity contribution in [1.29, 1.82) is 0 Å². The number of anilines is 2. The Kier molecular flexibility index (Phi) is 5.29. The second kappa shape index (κ2) is 7.88. The SMILES string of the molecule is O=C(Nc1nc2c(s1)CCC2C(=O)Nc1ccc(F)c(Cl)c1)c1ccc(F)cc1. The number of aryl methyl sites for hydroxylation is 1. The number of amides is 2. The van der Waals surface area contributed by atoms with Crippen LogP contribution >= 0.6 is 22.9 Å². The summed E-state index contributed by atoms with van der Waals surface area (Å²) in [7, 11) is 0. The number of hydrogen-bond donors (Lipinski definition) is 2. The molecule has 0 spiro atoms. The molecule has 1 unspecified atom stereocenters. The van der Waals surface area contributed by atoms with Crippen molar-refractivity contribution in [3.63, 3.8) is 0 Å². The zero-order valence-corrected chi connectivity index (χ0v) is 16.4. The van der Waals surface area contributed by atoms with E-state index in [4.69, 9.17) is 11.6 Å². The summed E-state index contributed by atoms with van der Waals surface area (Å²) < 4.78 is 26.3. The van der Waals surface area contributed by atoms with Crippen LogP contribution in [0.15, 0.2) is 42.5 Å². The van der Waals surface area contributed by atoms with E-state index in [2.05, 4.69) is 15.6 Å². The summed E-state index contributed by atoms with van der Waals surface area (Å²) in [4.78, 5) is 30.3. The maximum Gasteiger partial charge on any atom is 0.257 e. The largest absolute Gasteiger partial charge is 0.325 e. The number of rotatable bonds is 4. The zero-order valence-electron chi connectivity index (χ0n) is 14.8. The highest BCUT2D eigenvalue weighted by molar-refractivity contribution is 7.16. The highest BCUT2D eigenvalue weighted by atomic mass is 35.5. The van der Waals surface area contributed by atoms with Crippen molar-refractivity contribution in [2.24, 2.45) is 0 Å². The van der Waals surface area contributed by atoms with Crippen molar-refractivity contribution in [2.75, 3.05) is 10.6 Å². The van der Waals surface area contributed by atoms with Crippen molar-refractivity contribution >= 4 is 45.6 Å². The molecule has 148 valence electrons. The summed E-state index contributed by atoms with van der Waals surface area (Å²) >= 11 is 7.06. The van der Waals surface area contributed by atoms with Gasteiger partial charge in [0.25, 0.3) is 5.91 Å². The molecule has 1 aliphatic carbocycles. The molecule has 29 heavy (non-hydrogen) atoms. The van der Waals surface area contributed by atoms with E-state index in [-0.39, 0.29) is 10.9 Å². The lowest BCUT2D eigenvalue weighted by molar-refractivity contribution is -0.117. The van der Waals surface area contributed by atoms with Gasteiger partial charge in [-0.05, 0) is 55.3 Å². The van der Waals surface area contributed by atoms with Gasteiger partial charge in [0.15, 0.2) is 5.13 Å². The molecule has 0 saturated heterocycles. The summed E-state index contributed by atoms with van der Waals surface area (Å²) in [5.41, 5.74) is 1.33. The minimum atomic E-state index is -0.561. The number of thiazole rings is 1. The van der Waals surface area contributed by atoms with Gasteiger partial charge in [-0.15, -0.1) is 11.3 Å². The lowest BCUT2D eigenvalue weighted by Gasteiger charge is -2.11. The number of carbonyl (C=O) groups excluding carboxylic acids is 2. The number of nitrogens with one attached hydrogen (secondary N) is 2. The molecule has 3 aromatic rings. The Hall–Kier alpha value is -2.84. The molecule has 0 bridgehead atoms. The monoisotopic (exact) mass is 433 g/mol. The van der Waals surface area contributed by atoms with Gasteiger partial charge >= 0.3 is 0 Å². The number of fused-ring (bicyclic) bond motifs is 1. The zero-order chi connectivity index (χ0) is 20.5. The summed E-state index contributed by atoms with van der Waals surface area (Å²) in [5, 5.41) is 5.72. The number of nitrogens with zero attached hydrogens (tertiary/aromatic N) is 1. The first-order chi connectivity index (χ1) is 13.9. The van der Waals surface area contributed by atoms with Crippen LogP contribution in [0.2, 0.25) is 5.02 Å². The summed E-state index contributed by atoms with van der Waals surface area (Å²) in [6.07, 6.45) is 1.27. The van der Waals surface area contributed by atoms with E-state index in [1.54, 1.807) is 0 Å². The predicted octanol–water partition coefficient (Wildman–Crippen LogP) is 5.00. The van der Waals surface area contributed by atoms with E-state index >= 15 is 0 Å². The van der Waals surface area contributed by atoms with Crippen molar-refractivity contribution in [3.05, 3.63) is 75.3 Å². The van der Waals surface area contributed by atoms with Gasteiger partial charge in [0, 0.05) is 16.1 Å². The topological polar surface area (TPSA) is 71.1 Å². The average Bonchev–Trinajstić information content (AvgIpc) is 3.25. The fourth-order valence-electron chi connectivity index (χ4n) is 3.11. The standard InChI is InChI=1S/C20H14ClF2N3O2S/c21-14-9-12(5-7-15(14)23)24-19(28)13-6-8-16-17(13)25-20(29-16)26-18(27)10-1-3-11(22)4-2-10/h1-5,7,9,13H,6,8H2,(H,24,28)(H,25,26,27). The molecule has 2 aromatic carbocycles. The Morgan fingerprint density at radius 1 is 1.10 bits per heavy atom. The second-order valence-electron chi connectivity index (χ2n) is 6.50. The third kappa shape index (κ3) is 4.13. The molecule has 9 heteroatoms. The van der Waals surface area contributed by atoms with Crippen molar-refractivity contribution in [3.8, 4) is 0 Å². The lowest BCUT2D eigenvalue weighted by atomic mass is 10.1. The number of carbonyl (C=O) groups is 2. The first-order valence-corrected chi connectivity index (χ1v) is 9.92. The maximum absolute atomic E-state index is 13.3. The molecule has 5 nitrogen and oxygen atoms in total. The van der Waals surface area contributed by atoms with Gasteiger partial charge in [-0.3, -0.25) is 14.9 Å². The Bertz CT molecular complexity index is 1100. The van der Waals surface area contributed by atoms with Gasteiger partial charge in [-0.1, -0.05) is 11.6 Å². The molecular formula is C20H14ClF2N3O2S. The molecule has 0 radical (unpaired) electrons. The quantitative estimate of drug-likeness (QED) is 0.608. The summed E-state index contributed by atoms with van der Waals surface area (Å²) in [5.74, 6) is -2.13. The molecule has 1 atom stereocenters. The smallest absolute Gasteiger partial charge is 0.257 e. The predicted molar refractivity (Wildman–Crippen MR) is 108 cm³/mol. The van der Waals surface area contributed by atoms with Crippen LogP contribution in [-0.4, -0.2) is 16.8 Å². The van der Waals surface area contributed by atoms with Crippen LogP contribution in [0.4, 0.5) is 19.6 Å². The fraction of sp³-hybridized carbons (Fsp3) is 0.150. The Morgan fingerprint density at radius 3 is 2.59 bits per heavy atom. The van der Waals surface area contributed by atoms with Crippen LogP contribution in [-0.2, 0) is 11.2 Å². The van der Waals surface area contributed by atoms with Crippen molar-refractivity contribution in [1.82, 2.24) is 4.98 Å². The van der Waals surface area contributed by atoms with Crippen LogP contribution in [0.3, 0.4) is 0 Å². The van der Waals surface area contributed by atoms with Crippen LogP contribution in [0.25, 0.3) is 0 Å². The summed E-state index contributed by atoms with van der Waals surface area (Å²) in [6.45, 7) is 0. The van der Waals surface area contributed by atoms with Crippen molar-refractivity contribution in [2.45, 2.75) is 18.8 Å². The van der Waals surface area contributed by atoms with Crippen LogP contribution < -0.4 is 10.6 Å². The van der Waals surface area contributed by atoms with E-state index in [0.717, 1.165) is 4.88 Å².